The maximum absolute atomic E-state index is 12.8. The zero-order chi connectivity index (χ0) is 15.2. The number of hydrogen-bond acceptors (Lipinski definition) is 2. The summed E-state index contributed by atoms with van der Waals surface area (Å²) in [5, 5.41) is 0.817. The fourth-order valence-corrected chi connectivity index (χ4v) is 3.28. The van der Waals surface area contributed by atoms with Crippen LogP contribution in [0.25, 0.3) is 0 Å². The molecule has 0 bridgehead atoms. The van der Waals surface area contributed by atoms with Crippen molar-refractivity contribution in [3.05, 3.63) is 29.8 Å². The summed E-state index contributed by atoms with van der Waals surface area (Å²) >= 11 is 3.47. The van der Waals surface area contributed by atoms with Gasteiger partial charge < -0.3 is 9.64 Å². The Kier molecular flexibility index (Phi) is 6.09. The fraction of sp³-hybridized carbons (Fsp3) is 0.588. The second-order valence-corrected chi connectivity index (χ2v) is 6.61. The molecule has 1 aromatic carbocycles. The second kappa shape index (κ2) is 7.83. The molecule has 0 N–H and O–H groups in total. The van der Waals surface area contributed by atoms with Crippen LogP contribution in [0.1, 0.15) is 49.9 Å². The topological polar surface area (TPSA) is 29.5 Å². The van der Waals surface area contributed by atoms with E-state index in [0.29, 0.717) is 6.04 Å². The van der Waals surface area contributed by atoms with Crippen molar-refractivity contribution < 1.29 is 9.53 Å². The Bertz CT molecular complexity index is 470. The Hall–Kier alpha value is -1.03. The van der Waals surface area contributed by atoms with Gasteiger partial charge in [0.15, 0.2) is 0 Å². The molecule has 0 radical (unpaired) electrons. The van der Waals surface area contributed by atoms with Gasteiger partial charge in [-0.05, 0) is 44.9 Å². The highest BCUT2D eigenvalue weighted by Gasteiger charge is 2.27. The Morgan fingerprint density at radius 3 is 2.71 bits per heavy atom. The van der Waals surface area contributed by atoms with Gasteiger partial charge in [-0.1, -0.05) is 34.8 Å². The Morgan fingerprint density at radius 2 is 2.10 bits per heavy atom. The summed E-state index contributed by atoms with van der Waals surface area (Å²) in [4.78, 5) is 14.8. The largest absolute Gasteiger partial charge is 0.491 e. The number of carbonyl (C=O) groups excluding carboxylic acids is 1. The lowest BCUT2D eigenvalue weighted by atomic mass is 10.1. The van der Waals surface area contributed by atoms with Crippen LogP contribution in [0.3, 0.4) is 0 Å². The lowest BCUT2D eigenvalue weighted by Crippen LogP contribution is -2.40. The van der Waals surface area contributed by atoms with Crippen molar-refractivity contribution in [1.82, 2.24) is 4.90 Å². The predicted octanol–water partition coefficient (Wildman–Crippen LogP) is 4.25. The molecule has 1 aliphatic carbocycles. The van der Waals surface area contributed by atoms with Gasteiger partial charge in [-0.2, -0.15) is 0 Å². The van der Waals surface area contributed by atoms with Crippen LogP contribution >= 0.6 is 15.9 Å². The average molecular weight is 354 g/mol. The molecule has 0 spiro atoms. The highest BCUT2D eigenvalue weighted by Crippen LogP contribution is 2.26. The molecule has 1 fully saturated rings. The van der Waals surface area contributed by atoms with Crippen molar-refractivity contribution in [3.8, 4) is 5.75 Å². The van der Waals surface area contributed by atoms with E-state index < -0.39 is 0 Å². The second-order valence-electron chi connectivity index (χ2n) is 5.82. The van der Waals surface area contributed by atoms with Crippen LogP contribution in [-0.2, 0) is 0 Å². The number of benzene rings is 1. The zero-order valence-corrected chi connectivity index (χ0v) is 14.4. The monoisotopic (exact) mass is 353 g/mol. The van der Waals surface area contributed by atoms with E-state index in [1.54, 1.807) is 0 Å². The van der Waals surface area contributed by atoms with E-state index in [2.05, 4.69) is 15.9 Å². The molecule has 0 heterocycles. The molecule has 116 valence electrons. The third-order valence-electron chi connectivity index (χ3n) is 3.80. The number of ether oxygens (including phenoxy) is 1. The van der Waals surface area contributed by atoms with Crippen LogP contribution in [-0.4, -0.2) is 34.8 Å². The van der Waals surface area contributed by atoms with Gasteiger partial charge in [-0.25, -0.2) is 0 Å². The van der Waals surface area contributed by atoms with E-state index in [-0.39, 0.29) is 12.0 Å². The molecule has 0 unspecified atom stereocenters. The number of nitrogens with zero attached hydrogens (tertiary/aromatic N) is 1. The van der Waals surface area contributed by atoms with Gasteiger partial charge in [0.2, 0.25) is 0 Å². The van der Waals surface area contributed by atoms with Crippen molar-refractivity contribution in [2.45, 2.75) is 51.7 Å². The highest BCUT2D eigenvalue weighted by molar-refractivity contribution is 9.09. The van der Waals surface area contributed by atoms with E-state index in [1.165, 1.54) is 12.8 Å². The molecule has 0 aliphatic heterocycles. The molecule has 21 heavy (non-hydrogen) atoms. The number of alkyl halides is 1. The first-order valence-corrected chi connectivity index (χ1v) is 8.87. The van der Waals surface area contributed by atoms with Crippen LogP contribution in [0.2, 0.25) is 0 Å². The van der Waals surface area contributed by atoms with Crippen molar-refractivity contribution >= 4 is 21.8 Å². The first kappa shape index (κ1) is 16.3. The summed E-state index contributed by atoms with van der Waals surface area (Å²) in [6.07, 6.45) is 4.83. The number of amides is 1. The van der Waals surface area contributed by atoms with Crippen molar-refractivity contribution in [1.29, 1.82) is 0 Å². The summed E-state index contributed by atoms with van der Waals surface area (Å²) < 4.78 is 5.69. The Balaban J connectivity index is 2.15. The predicted molar refractivity (Wildman–Crippen MR) is 89.3 cm³/mol. The van der Waals surface area contributed by atoms with Gasteiger partial charge in [0.1, 0.15) is 5.75 Å². The van der Waals surface area contributed by atoms with Gasteiger partial charge in [-0.15, -0.1) is 0 Å². The molecule has 1 aliphatic rings. The lowest BCUT2D eigenvalue weighted by molar-refractivity contribution is 0.0695. The van der Waals surface area contributed by atoms with Gasteiger partial charge in [0, 0.05) is 23.5 Å². The number of rotatable bonds is 6. The molecule has 1 saturated carbocycles. The first-order valence-electron chi connectivity index (χ1n) is 7.75. The molecule has 1 aromatic rings. The first-order chi connectivity index (χ1) is 10.1. The van der Waals surface area contributed by atoms with E-state index >= 15 is 0 Å². The summed E-state index contributed by atoms with van der Waals surface area (Å²) in [6.45, 7) is 4.74. The van der Waals surface area contributed by atoms with E-state index in [4.69, 9.17) is 4.74 Å². The maximum atomic E-state index is 12.8. The van der Waals surface area contributed by atoms with E-state index in [0.717, 1.165) is 36.0 Å². The molecule has 2 rings (SSSR count). The van der Waals surface area contributed by atoms with Crippen LogP contribution in [0.5, 0.6) is 5.75 Å². The van der Waals surface area contributed by atoms with Crippen LogP contribution in [0.15, 0.2) is 24.3 Å². The normalized spacial score (nSPS) is 15.4. The molecule has 0 atom stereocenters. The van der Waals surface area contributed by atoms with Gasteiger partial charge in [-0.3, -0.25) is 4.79 Å². The Labute approximate surface area is 135 Å². The molecule has 4 heteroatoms. The smallest absolute Gasteiger partial charge is 0.254 e. The maximum Gasteiger partial charge on any atom is 0.254 e. The van der Waals surface area contributed by atoms with Crippen molar-refractivity contribution in [3.63, 3.8) is 0 Å². The zero-order valence-electron chi connectivity index (χ0n) is 12.8. The third kappa shape index (κ3) is 4.47. The molecule has 0 saturated heterocycles. The SMILES string of the molecule is CC(C)Oc1cccc(C(=O)N(CCBr)C2CCCC2)c1. The van der Waals surface area contributed by atoms with Crippen molar-refractivity contribution in [2.24, 2.45) is 0 Å². The van der Waals surface area contributed by atoms with Gasteiger partial charge in [0.25, 0.3) is 5.91 Å². The third-order valence-corrected chi connectivity index (χ3v) is 4.16. The van der Waals surface area contributed by atoms with Crippen LogP contribution < -0.4 is 4.74 Å². The summed E-state index contributed by atoms with van der Waals surface area (Å²) in [5.41, 5.74) is 0.723. The standard InChI is InChI=1S/C17H24BrNO2/c1-13(2)21-16-9-5-6-14(12-16)17(20)19(11-10-18)15-7-3-4-8-15/h5-6,9,12-13,15H,3-4,7-8,10-11H2,1-2H3. The van der Waals surface area contributed by atoms with Gasteiger partial charge >= 0.3 is 0 Å². The fourth-order valence-electron chi connectivity index (χ4n) is 2.90. The summed E-state index contributed by atoms with van der Waals surface area (Å²) in [6, 6.07) is 7.93. The summed E-state index contributed by atoms with van der Waals surface area (Å²) in [7, 11) is 0. The minimum Gasteiger partial charge on any atom is -0.491 e. The summed E-state index contributed by atoms with van der Waals surface area (Å²) in [5.74, 6) is 0.886. The molecule has 0 aromatic heterocycles. The number of carbonyl (C=O) groups is 1. The van der Waals surface area contributed by atoms with E-state index in [9.17, 15) is 4.79 Å². The number of hydrogen-bond donors (Lipinski definition) is 0. The minimum atomic E-state index is 0.115. The molecular formula is C17H24BrNO2. The number of halogens is 1. The molecule has 1 amide bonds. The highest BCUT2D eigenvalue weighted by atomic mass is 79.9. The van der Waals surface area contributed by atoms with Crippen LogP contribution in [0.4, 0.5) is 0 Å². The Morgan fingerprint density at radius 1 is 1.38 bits per heavy atom. The van der Waals surface area contributed by atoms with Crippen LogP contribution in [0, 0.1) is 0 Å². The van der Waals surface area contributed by atoms with Crippen molar-refractivity contribution in [2.75, 3.05) is 11.9 Å². The molecular weight excluding hydrogens is 330 g/mol. The average Bonchev–Trinajstić information content (AvgIpc) is 2.97. The van der Waals surface area contributed by atoms with Gasteiger partial charge in [0.05, 0.1) is 6.10 Å². The minimum absolute atomic E-state index is 0.115. The molecule has 3 nitrogen and oxygen atoms in total. The lowest BCUT2D eigenvalue weighted by Gasteiger charge is -2.28. The quantitative estimate of drug-likeness (QED) is 0.715. The van der Waals surface area contributed by atoms with E-state index in [1.807, 2.05) is 43.0 Å².